The summed E-state index contributed by atoms with van der Waals surface area (Å²) in [6, 6.07) is 0. The summed E-state index contributed by atoms with van der Waals surface area (Å²) in [4.78, 5) is 23.4. The van der Waals surface area contributed by atoms with Gasteiger partial charge >= 0.3 is 11.9 Å². The zero-order chi connectivity index (χ0) is 20.5. The Balaban J connectivity index is 4.27. The zero-order valence-electron chi connectivity index (χ0n) is 17.5. The minimum atomic E-state index is -0.888. The largest absolute Gasteiger partial charge is 0.469 e. The summed E-state index contributed by atoms with van der Waals surface area (Å²) in [5.74, 6) is -0.705. The lowest BCUT2D eigenvalue weighted by atomic mass is 10.0. The minimum absolute atomic E-state index is 0.105. The third-order valence-corrected chi connectivity index (χ3v) is 4.65. The van der Waals surface area contributed by atoms with Gasteiger partial charge in [-0.2, -0.15) is 0 Å². The van der Waals surface area contributed by atoms with Crippen molar-refractivity contribution in [3.63, 3.8) is 0 Å². The highest BCUT2D eigenvalue weighted by Gasteiger charge is 2.20. The molecule has 3 atom stereocenters. The van der Waals surface area contributed by atoms with Gasteiger partial charge in [0.25, 0.3) is 0 Å². The number of hydrogen-bond donors (Lipinski definition) is 2. The summed E-state index contributed by atoms with van der Waals surface area (Å²) < 4.78 is 10.2. The molecule has 0 aliphatic rings. The van der Waals surface area contributed by atoms with Crippen molar-refractivity contribution in [1.29, 1.82) is 0 Å². The fourth-order valence-corrected chi connectivity index (χ4v) is 3.03. The molecular weight excluding hydrogens is 348 g/mol. The van der Waals surface area contributed by atoms with E-state index < -0.39 is 18.2 Å². The second kappa shape index (κ2) is 17.0. The van der Waals surface area contributed by atoms with Gasteiger partial charge in [-0.05, 0) is 38.5 Å². The van der Waals surface area contributed by atoms with Gasteiger partial charge < -0.3 is 19.7 Å². The average molecular weight is 389 g/mol. The van der Waals surface area contributed by atoms with E-state index in [1.807, 2.05) is 0 Å². The fourth-order valence-electron chi connectivity index (χ4n) is 3.03. The number of ether oxygens (including phenoxy) is 2. The lowest BCUT2D eigenvalue weighted by Gasteiger charge is -2.20. The summed E-state index contributed by atoms with van der Waals surface area (Å²) in [7, 11) is 1.36. The third-order valence-electron chi connectivity index (χ3n) is 4.65. The van der Waals surface area contributed by atoms with Crippen molar-refractivity contribution in [3.05, 3.63) is 0 Å². The SMILES string of the molecule is CCCCC[C@@H](O)C[C@H](O)CC(=O)O[C@H](CCCCC)CCCC(=O)OC. The highest BCUT2D eigenvalue weighted by atomic mass is 16.5. The van der Waals surface area contributed by atoms with Gasteiger partial charge in [0.15, 0.2) is 0 Å². The Bertz CT molecular complexity index is 385. The maximum absolute atomic E-state index is 12.1. The van der Waals surface area contributed by atoms with Gasteiger partial charge in [-0.1, -0.05) is 46.0 Å². The normalized spacial score (nSPS) is 14.4. The maximum atomic E-state index is 12.1. The van der Waals surface area contributed by atoms with Gasteiger partial charge in [0.1, 0.15) is 6.10 Å². The number of hydrogen-bond acceptors (Lipinski definition) is 6. The van der Waals surface area contributed by atoms with E-state index in [1.165, 1.54) is 7.11 Å². The number of rotatable bonds is 17. The zero-order valence-corrected chi connectivity index (χ0v) is 17.5. The first-order valence-corrected chi connectivity index (χ1v) is 10.5. The molecule has 0 saturated heterocycles. The first kappa shape index (κ1) is 25.9. The number of methoxy groups -OCH3 is 1. The molecule has 2 N–H and O–H groups in total. The Morgan fingerprint density at radius 1 is 0.815 bits per heavy atom. The van der Waals surface area contributed by atoms with Crippen LogP contribution >= 0.6 is 0 Å². The molecule has 0 radical (unpaired) electrons. The van der Waals surface area contributed by atoms with Crippen molar-refractivity contribution in [3.8, 4) is 0 Å². The number of unbranched alkanes of at least 4 members (excludes halogenated alkanes) is 4. The molecule has 27 heavy (non-hydrogen) atoms. The molecule has 0 aromatic rings. The lowest BCUT2D eigenvalue weighted by Crippen LogP contribution is -2.25. The van der Waals surface area contributed by atoms with Crippen LogP contribution in [0.15, 0.2) is 0 Å². The van der Waals surface area contributed by atoms with E-state index in [9.17, 15) is 19.8 Å². The summed E-state index contributed by atoms with van der Waals surface area (Å²) in [5.41, 5.74) is 0. The maximum Gasteiger partial charge on any atom is 0.308 e. The van der Waals surface area contributed by atoms with Gasteiger partial charge in [0.2, 0.25) is 0 Å². The van der Waals surface area contributed by atoms with Crippen LogP contribution in [0.2, 0.25) is 0 Å². The van der Waals surface area contributed by atoms with E-state index in [0.29, 0.717) is 25.7 Å². The van der Waals surface area contributed by atoms with Crippen molar-refractivity contribution in [2.45, 2.75) is 116 Å². The summed E-state index contributed by atoms with van der Waals surface area (Å²) in [6.07, 6.45) is 7.49. The molecule has 0 aromatic heterocycles. The monoisotopic (exact) mass is 388 g/mol. The van der Waals surface area contributed by atoms with E-state index in [-0.39, 0.29) is 24.9 Å². The van der Waals surface area contributed by atoms with Crippen LogP contribution in [0.3, 0.4) is 0 Å². The Morgan fingerprint density at radius 2 is 1.41 bits per heavy atom. The highest BCUT2D eigenvalue weighted by Crippen LogP contribution is 2.16. The quantitative estimate of drug-likeness (QED) is 0.290. The molecule has 0 fully saturated rings. The Hall–Kier alpha value is -1.14. The van der Waals surface area contributed by atoms with Crippen LogP contribution in [-0.2, 0) is 19.1 Å². The molecule has 0 bridgehead atoms. The fraction of sp³-hybridized carbons (Fsp3) is 0.905. The summed E-state index contributed by atoms with van der Waals surface area (Å²) in [5, 5.41) is 20.0. The molecule has 0 aromatic carbocycles. The predicted octanol–water partition coefficient (Wildman–Crippen LogP) is 3.90. The second-order valence-corrected chi connectivity index (χ2v) is 7.32. The lowest BCUT2D eigenvalue weighted by molar-refractivity contribution is -0.152. The molecule has 160 valence electrons. The number of esters is 2. The molecule has 0 aliphatic heterocycles. The Labute approximate surface area is 164 Å². The van der Waals surface area contributed by atoms with Gasteiger partial charge in [-0.3, -0.25) is 9.59 Å². The van der Waals surface area contributed by atoms with Crippen LogP contribution in [0.4, 0.5) is 0 Å². The topological polar surface area (TPSA) is 93.1 Å². The van der Waals surface area contributed by atoms with Crippen LogP contribution < -0.4 is 0 Å². The number of carbonyl (C=O) groups is 2. The first-order valence-electron chi connectivity index (χ1n) is 10.5. The Kier molecular flexibility index (Phi) is 16.3. The van der Waals surface area contributed by atoms with Crippen LogP contribution in [0.1, 0.15) is 97.3 Å². The van der Waals surface area contributed by atoms with E-state index in [2.05, 4.69) is 18.6 Å². The third kappa shape index (κ3) is 15.6. The van der Waals surface area contributed by atoms with Crippen molar-refractivity contribution in [2.75, 3.05) is 7.11 Å². The molecule has 0 rings (SSSR count). The van der Waals surface area contributed by atoms with Gasteiger partial charge in [-0.15, -0.1) is 0 Å². The van der Waals surface area contributed by atoms with E-state index in [4.69, 9.17) is 4.74 Å². The van der Waals surface area contributed by atoms with Crippen molar-refractivity contribution in [1.82, 2.24) is 0 Å². The van der Waals surface area contributed by atoms with Gasteiger partial charge in [-0.25, -0.2) is 0 Å². The first-order chi connectivity index (χ1) is 12.9. The predicted molar refractivity (Wildman–Crippen MR) is 105 cm³/mol. The van der Waals surface area contributed by atoms with Gasteiger partial charge in [0.05, 0.1) is 25.7 Å². The smallest absolute Gasteiger partial charge is 0.308 e. The van der Waals surface area contributed by atoms with Crippen molar-refractivity contribution < 1.29 is 29.3 Å². The van der Waals surface area contributed by atoms with Crippen LogP contribution in [-0.4, -0.2) is 47.6 Å². The highest BCUT2D eigenvalue weighted by molar-refractivity contribution is 5.70. The molecule has 0 aliphatic carbocycles. The average Bonchev–Trinajstić information content (AvgIpc) is 2.61. The van der Waals surface area contributed by atoms with Crippen molar-refractivity contribution >= 4 is 11.9 Å². The molecule has 0 heterocycles. The van der Waals surface area contributed by atoms with Crippen molar-refractivity contribution in [2.24, 2.45) is 0 Å². The van der Waals surface area contributed by atoms with E-state index in [0.717, 1.165) is 44.9 Å². The molecular formula is C21H40O6. The summed E-state index contributed by atoms with van der Waals surface area (Å²) in [6.45, 7) is 4.21. The molecule has 0 amide bonds. The molecule has 0 spiro atoms. The van der Waals surface area contributed by atoms with E-state index in [1.54, 1.807) is 0 Å². The minimum Gasteiger partial charge on any atom is -0.469 e. The standard InChI is InChI=1S/C21H40O6/c1-4-6-8-11-17(22)15-18(23)16-21(25)27-19(12-9-7-5-2)13-10-14-20(24)26-3/h17-19,22-23H,4-16H2,1-3H3/t17-,18+,19-/m1/s1. The molecule has 0 unspecified atom stereocenters. The summed E-state index contributed by atoms with van der Waals surface area (Å²) >= 11 is 0. The molecule has 6 nitrogen and oxygen atoms in total. The number of carbonyl (C=O) groups excluding carboxylic acids is 2. The van der Waals surface area contributed by atoms with E-state index >= 15 is 0 Å². The number of aliphatic hydroxyl groups excluding tert-OH is 2. The van der Waals surface area contributed by atoms with Crippen LogP contribution in [0.5, 0.6) is 0 Å². The van der Waals surface area contributed by atoms with Gasteiger partial charge in [0, 0.05) is 6.42 Å². The van der Waals surface area contributed by atoms with Crippen LogP contribution in [0, 0.1) is 0 Å². The number of aliphatic hydroxyl groups is 2. The molecule has 0 saturated carbocycles. The second-order valence-electron chi connectivity index (χ2n) is 7.32. The Morgan fingerprint density at radius 3 is 2.00 bits per heavy atom. The van der Waals surface area contributed by atoms with Crippen LogP contribution in [0.25, 0.3) is 0 Å². The molecule has 6 heteroatoms.